The number of Topliss-reactive ketones (excluding diaryl/α,β-unsaturated/α-hetero) is 1. The van der Waals surface area contributed by atoms with Crippen LogP contribution >= 0.6 is 0 Å². The average Bonchev–Trinajstić information content (AvgIpc) is 2.41. The number of amides is 1. The first kappa shape index (κ1) is 13.6. The number of rotatable bonds is 4. The Balaban J connectivity index is 1.72. The van der Waals surface area contributed by atoms with Gasteiger partial charge in [-0.2, -0.15) is 0 Å². The predicted molar refractivity (Wildman–Crippen MR) is 71.6 cm³/mol. The van der Waals surface area contributed by atoms with E-state index in [-0.39, 0.29) is 5.91 Å². The quantitative estimate of drug-likeness (QED) is 0.902. The number of aryl methyl sites for hydroxylation is 1. The van der Waals surface area contributed by atoms with E-state index in [2.05, 4.69) is 15.3 Å². The lowest BCUT2D eigenvalue weighted by Gasteiger charge is -2.20. The van der Waals surface area contributed by atoms with Crippen molar-refractivity contribution in [1.29, 1.82) is 0 Å². The van der Waals surface area contributed by atoms with E-state index in [1.807, 2.05) is 6.92 Å². The molecule has 2 rings (SSSR count). The minimum absolute atomic E-state index is 0.0324. The Hall–Kier alpha value is -1.78. The maximum absolute atomic E-state index is 11.8. The molecule has 5 heteroatoms. The topological polar surface area (TPSA) is 72.0 Å². The molecule has 0 atom stereocenters. The van der Waals surface area contributed by atoms with Crippen molar-refractivity contribution in [2.24, 2.45) is 5.92 Å². The van der Waals surface area contributed by atoms with E-state index in [1.54, 1.807) is 12.4 Å². The van der Waals surface area contributed by atoms with Crippen LogP contribution in [-0.4, -0.2) is 21.7 Å². The minimum atomic E-state index is -0.0324. The number of ketones is 1. The molecule has 1 heterocycles. The van der Waals surface area contributed by atoms with Crippen LogP contribution in [0.5, 0.6) is 0 Å². The summed E-state index contributed by atoms with van der Waals surface area (Å²) < 4.78 is 0. The molecule has 1 saturated carbocycles. The molecule has 0 aromatic carbocycles. The fourth-order valence-electron chi connectivity index (χ4n) is 2.29. The number of nitrogens with zero attached hydrogens (tertiary/aromatic N) is 2. The molecular weight excluding hydrogens is 242 g/mol. The highest BCUT2D eigenvalue weighted by atomic mass is 16.1. The van der Waals surface area contributed by atoms with Gasteiger partial charge >= 0.3 is 0 Å². The van der Waals surface area contributed by atoms with Gasteiger partial charge in [0, 0.05) is 19.3 Å². The van der Waals surface area contributed by atoms with Gasteiger partial charge in [0.1, 0.15) is 5.78 Å². The third kappa shape index (κ3) is 4.43. The van der Waals surface area contributed by atoms with Gasteiger partial charge in [0.05, 0.1) is 18.1 Å². The van der Waals surface area contributed by atoms with E-state index in [9.17, 15) is 9.59 Å². The van der Waals surface area contributed by atoms with Crippen molar-refractivity contribution < 1.29 is 9.59 Å². The Kier molecular flexibility index (Phi) is 4.60. The minimum Gasteiger partial charge on any atom is -0.309 e. The molecule has 0 saturated heterocycles. The zero-order valence-electron chi connectivity index (χ0n) is 11.2. The first-order valence-electron chi connectivity index (χ1n) is 6.73. The Morgan fingerprint density at radius 2 is 2.05 bits per heavy atom. The highest BCUT2D eigenvalue weighted by Gasteiger charge is 2.19. The summed E-state index contributed by atoms with van der Waals surface area (Å²) in [5.74, 6) is 1.33. The number of carbonyl (C=O) groups excluding carboxylic acids is 2. The number of carbonyl (C=O) groups is 2. The normalized spacial score (nSPS) is 16.4. The Bertz CT molecular complexity index is 446. The molecule has 0 bridgehead atoms. The van der Waals surface area contributed by atoms with Crippen LogP contribution in [-0.2, 0) is 9.59 Å². The van der Waals surface area contributed by atoms with E-state index >= 15 is 0 Å². The van der Waals surface area contributed by atoms with Gasteiger partial charge in [-0.25, -0.2) is 4.98 Å². The number of anilines is 1. The van der Waals surface area contributed by atoms with Gasteiger partial charge in [-0.3, -0.25) is 14.6 Å². The van der Waals surface area contributed by atoms with Crippen LogP contribution in [0.25, 0.3) is 0 Å². The standard InChI is InChI=1S/C14H19N3O2/c1-10-8-16-13(9-15-10)17-14(19)7-4-11-2-5-12(18)6-3-11/h8-9,11H,2-7H2,1H3,(H,16,17,19). The molecule has 19 heavy (non-hydrogen) atoms. The summed E-state index contributed by atoms with van der Waals surface area (Å²) in [7, 11) is 0. The van der Waals surface area contributed by atoms with Crippen molar-refractivity contribution in [2.75, 3.05) is 5.32 Å². The van der Waals surface area contributed by atoms with Gasteiger partial charge in [0.15, 0.2) is 5.82 Å². The molecule has 1 amide bonds. The van der Waals surface area contributed by atoms with Crippen LogP contribution in [0.1, 0.15) is 44.2 Å². The molecule has 5 nitrogen and oxygen atoms in total. The fourth-order valence-corrected chi connectivity index (χ4v) is 2.29. The molecule has 0 aliphatic heterocycles. The van der Waals surface area contributed by atoms with Crippen LogP contribution in [0, 0.1) is 12.8 Å². The lowest BCUT2D eigenvalue weighted by Crippen LogP contribution is -2.18. The van der Waals surface area contributed by atoms with Gasteiger partial charge in [0.2, 0.25) is 5.91 Å². The van der Waals surface area contributed by atoms with E-state index in [0.717, 1.165) is 25.0 Å². The van der Waals surface area contributed by atoms with E-state index in [1.165, 1.54) is 0 Å². The smallest absolute Gasteiger partial charge is 0.225 e. The molecular formula is C14H19N3O2. The highest BCUT2D eigenvalue weighted by Crippen LogP contribution is 2.25. The monoisotopic (exact) mass is 261 g/mol. The van der Waals surface area contributed by atoms with Crippen LogP contribution in [0.3, 0.4) is 0 Å². The molecule has 1 aliphatic carbocycles. The van der Waals surface area contributed by atoms with Crippen LogP contribution in [0.15, 0.2) is 12.4 Å². The second-order valence-electron chi connectivity index (χ2n) is 5.11. The van der Waals surface area contributed by atoms with Gasteiger partial charge in [0.25, 0.3) is 0 Å². The lowest BCUT2D eigenvalue weighted by molar-refractivity contribution is -0.121. The Morgan fingerprint density at radius 1 is 1.32 bits per heavy atom. The van der Waals surface area contributed by atoms with Gasteiger partial charge in [-0.05, 0) is 32.1 Å². The molecule has 1 N–H and O–H groups in total. The Morgan fingerprint density at radius 3 is 2.68 bits per heavy atom. The molecule has 1 aliphatic rings. The van der Waals surface area contributed by atoms with Crippen LogP contribution in [0.2, 0.25) is 0 Å². The maximum Gasteiger partial charge on any atom is 0.225 e. The number of aromatic nitrogens is 2. The summed E-state index contributed by atoms with van der Waals surface area (Å²) in [5, 5.41) is 2.74. The first-order valence-corrected chi connectivity index (χ1v) is 6.73. The van der Waals surface area contributed by atoms with E-state index in [4.69, 9.17) is 0 Å². The van der Waals surface area contributed by atoms with Crippen molar-refractivity contribution in [3.8, 4) is 0 Å². The van der Waals surface area contributed by atoms with E-state index in [0.29, 0.717) is 36.8 Å². The van der Waals surface area contributed by atoms with Gasteiger partial charge < -0.3 is 5.32 Å². The second kappa shape index (κ2) is 6.41. The summed E-state index contributed by atoms with van der Waals surface area (Å²) in [5.41, 5.74) is 0.824. The number of hydrogen-bond acceptors (Lipinski definition) is 4. The van der Waals surface area contributed by atoms with Crippen LogP contribution in [0.4, 0.5) is 5.82 Å². The van der Waals surface area contributed by atoms with Crippen molar-refractivity contribution in [3.63, 3.8) is 0 Å². The summed E-state index contributed by atoms with van der Waals surface area (Å²) in [6.45, 7) is 1.85. The zero-order valence-corrected chi connectivity index (χ0v) is 11.2. The number of nitrogens with one attached hydrogen (secondary N) is 1. The fraction of sp³-hybridized carbons (Fsp3) is 0.571. The molecule has 0 unspecified atom stereocenters. The second-order valence-corrected chi connectivity index (χ2v) is 5.11. The molecule has 102 valence electrons. The highest BCUT2D eigenvalue weighted by molar-refractivity contribution is 5.89. The van der Waals surface area contributed by atoms with Crippen LogP contribution < -0.4 is 5.32 Å². The zero-order chi connectivity index (χ0) is 13.7. The first-order chi connectivity index (χ1) is 9.13. The molecule has 0 spiro atoms. The van der Waals surface area contributed by atoms with Crippen molar-refractivity contribution in [3.05, 3.63) is 18.1 Å². The summed E-state index contributed by atoms with van der Waals surface area (Å²) in [6.07, 6.45) is 7.72. The maximum atomic E-state index is 11.8. The van der Waals surface area contributed by atoms with Crippen molar-refractivity contribution in [2.45, 2.75) is 45.4 Å². The summed E-state index contributed by atoms with van der Waals surface area (Å²) in [6, 6.07) is 0. The summed E-state index contributed by atoms with van der Waals surface area (Å²) >= 11 is 0. The third-order valence-electron chi connectivity index (χ3n) is 3.49. The third-order valence-corrected chi connectivity index (χ3v) is 3.49. The SMILES string of the molecule is Cc1cnc(NC(=O)CCC2CCC(=O)CC2)cn1. The Labute approximate surface area is 112 Å². The summed E-state index contributed by atoms with van der Waals surface area (Å²) in [4.78, 5) is 31.0. The molecule has 1 aromatic heterocycles. The van der Waals surface area contributed by atoms with Crippen molar-refractivity contribution >= 4 is 17.5 Å². The van der Waals surface area contributed by atoms with Gasteiger partial charge in [-0.15, -0.1) is 0 Å². The van der Waals surface area contributed by atoms with E-state index < -0.39 is 0 Å². The van der Waals surface area contributed by atoms with Crippen molar-refractivity contribution in [1.82, 2.24) is 9.97 Å². The molecule has 0 radical (unpaired) electrons. The largest absolute Gasteiger partial charge is 0.309 e. The van der Waals surface area contributed by atoms with Gasteiger partial charge in [-0.1, -0.05) is 0 Å². The molecule has 1 fully saturated rings. The predicted octanol–water partition coefficient (Wildman–Crippen LogP) is 2.26. The number of hydrogen-bond donors (Lipinski definition) is 1. The lowest BCUT2D eigenvalue weighted by atomic mass is 9.85. The average molecular weight is 261 g/mol. The molecule has 1 aromatic rings.